The van der Waals surface area contributed by atoms with Gasteiger partial charge in [0.2, 0.25) is 0 Å². The van der Waals surface area contributed by atoms with Crippen molar-refractivity contribution in [1.29, 1.82) is 5.41 Å². The molecule has 2 aliphatic rings. The maximum absolute atomic E-state index is 12.2. The number of hydrogen-bond acceptors (Lipinski definition) is 7. The number of likely N-dealkylation sites (N-methyl/N-ethyl adjacent to an activating group) is 1. The number of rotatable bonds is 17. The molecule has 2 saturated heterocycles. The fourth-order valence-electron chi connectivity index (χ4n) is 5.76. The van der Waals surface area contributed by atoms with E-state index in [0.717, 1.165) is 78.9 Å². The van der Waals surface area contributed by atoms with Gasteiger partial charge in [0.05, 0.1) is 23.4 Å². The van der Waals surface area contributed by atoms with Crippen molar-refractivity contribution in [3.63, 3.8) is 0 Å². The Bertz CT molecular complexity index is 1750. The van der Waals surface area contributed by atoms with Crippen molar-refractivity contribution in [3.05, 3.63) is 86.3 Å². The first-order valence-electron chi connectivity index (χ1n) is 19.3. The number of aliphatic imine (C=N–C) groups is 2. The van der Waals surface area contributed by atoms with Crippen molar-refractivity contribution in [2.45, 2.75) is 39.9 Å². The predicted octanol–water partition coefficient (Wildman–Crippen LogP) is 7.03. The van der Waals surface area contributed by atoms with E-state index in [2.05, 4.69) is 87.5 Å². The van der Waals surface area contributed by atoms with E-state index in [0.29, 0.717) is 48.1 Å². The minimum absolute atomic E-state index is 0.0620. The van der Waals surface area contributed by atoms with Crippen molar-refractivity contribution < 1.29 is 27.4 Å². The molecule has 0 aliphatic carbocycles. The Morgan fingerprint density at radius 3 is 1.91 bits per heavy atom. The van der Waals surface area contributed by atoms with E-state index >= 15 is 0 Å². The van der Waals surface area contributed by atoms with Gasteiger partial charge >= 0.3 is 0 Å². The second kappa shape index (κ2) is 26.7. The van der Waals surface area contributed by atoms with Crippen LogP contribution in [-0.2, 0) is 19.6 Å². The number of nitrogens with zero attached hydrogens (tertiary/aromatic N) is 6. The van der Waals surface area contributed by atoms with Gasteiger partial charge in [0.25, 0.3) is 0 Å². The molecule has 2 fully saturated rings. The van der Waals surface area contributed by atoms with E-state index in [9.17, 15) is 13.2 Å². The van der Waals surface area contributed by atoms with Gasteiger partial charge in [0, 0.05) is 56.8 Å². The number of nitrogens with one attached hydrogen (secondary N) is 1. The number of ether oxygens (including phenoxy) is 3. The number of benzene rings is 3. The molecule has 2 heterocycles. The Morgan fingerprint density at radius 1 is 0.724 bits per heavy atom. The highest BCUT2D eigenvalue weighted by atomic mass is 79.9. The van der Waals surface area contributed by atoms with Crippen LogP contribution in [0, 0.1) is 5.41 Å². The molecule has 0 unspecified atom stereocenters. The molecule has 0 amide bonds. The number of alkyl halides is 3. The minimum atomic E-state index is -0.604. The normalized spacial score (nSPS) is 14.8. The third-order valence-corrected chi connectivity index (χ3v) is 9.88. The average molecular weight is 942 g/mol. The van der Waals surface area contributed by atoms with Gasteiger partial charge in [0.1, 0.15) is 45.6 Å². The molecule has 320 valence electrons. The van der Waals surface area contributed by atoms with E-state index in [1.165, 1.54) is 5.56 Å². The molecule has 3 aromatic rings. The summed E-state index contributed by atoms with van der Waals surface area (Å²) in [5.74, 6) is 3.15. The molecular weight excluding hydrogens is 883 g/mol. The lowest BCUT2D eigenvalue weighted by Gasteiger charge is -2.33. The Balaban J connectivity index is 0.000000235. The van der Waals surface area contributed by atoms with Crippen LogP contribution in [0.5, 0.6) is 17.2 Å². The highest BCUT2D eigenvalue weighted by molar-refractivity contribution is 9.10. The van der Waals surface area contributed by atoms with Crippen LogP contribution in [0.4, 0.5) is 13.2 Å². The molecule has 0 aromatic heterocycles. The standard InChI is InChI=1S/C15H22BrFN4O.C13H18BrN3.C13H18F2N2O2/c1-20-5-7-21(8-6-20)15(18)19-11-12-2-3-14(13(16)10-12)22-9-4-17;1-2-6-16-7-8-17(13(16)15)10-11-4-3-5-12(14)9-11;1-10(16)17-9-11-2-3-12(18-6-4-14)13(8-11)19-7-5-15/h2-3,10H,4-9,11H2,1H3,(H2,18,19);3-5,9,15H,2,6-8,10H2,1H3;2-3,8H,4-7,9H2,1H3,(H2,16,17). The summed E-state index contributed by atoms with van der Waals surface area (Å²) in [5, 5.41) is 8.11. The molecular formula is C41H58Br2F3N9O3. The Hall–Kier alpha value is -4.22. The van der Waals surface area contributed by atoms with E-state index in [1.807, 2.05) is 30.3 Å². The number of guanidine groups is 2. The fourth-order valence-corrected chi connectivity index (χ4v) is 6.75. The molecule has 58 heavy (non-hydrogen) atoms. The summed E-state index contributed by atoms with van der Waals surface area (Å²) >= 11 is 6.91. The van der Waals surface area contributed by atoms with Gasteiger partial charge in [0.15, 0.2) is 23.4 Å². The maximum Gasteiger partial charge on any atom is 0.194 e. The van der Waals surface area contributed by atoms with Gasteiger partial charge in [-0.1, -0.05) is 47.1 Å². The fraction of sp³-hybridized carbons (Fsp3) is 0.488. The van der Waals surface area contributed by atoms with Crippen molar-refractivity contribution in [2.75, 3.05) is 92.7 Å². The molecule has 2 aliphatic heterocycles. The highest BCUT2D eigenvalue weighted by Crippen LogP contribution is 2.29. The maximum atomic E-state index is 12.2. The molecule has 12 nitrogen and oxygen atoms in total. The van der Waals surface area contributed by atoms with Crippen LogP contribution in [0.25, 0.3) is 0 Å². The number of piperazine rings is 1. The van der Waals surface area contributed by atoms with Crippen molar-refractivity contribution in [2.24, 2.45) is 21.5 Å². The number of amidine groups is 1. The topological polar surface area (TPSA) is 141 Å². The van der Waals surface area contributed by atoms with Crippen molar-refractivity contribution in [3.8, 4) is 17.2 Å². The van der Waals surface area contributed by atoms with Crippen molar-refractivity contribution >= 4 is 49.6 Å². The second-order valence-electron chi connectivity index (χ2n) is 13.4. The van der Waals surface area contributed by atoms with Crippen LogP contribution >= 0.6 is 31.9 Å². The van der Waals surface area contributed by atoms with Gasteiger partial charge in [-0.15, -0.1) is 0 Å². The van der Waals surface area contributed by atoms with Crippen LogP contribution in [-0.4, -0.2) is 130 Å². The largest absolute Gasteiger partial charge is 0.490 e. The zero-order chi connectivity index (χ0) is 42.3. The van der Waals surface area contributed by atoms with E-state index in [-0.39, 0.29) is 19.8 Å². The lowest BCUT2D eigenvalue weighted by molar-refractivity contribution is 0.213. The summed E-state index contributed by atoms with van der Waals surface area (Å²) in [6.07, 6.45) is 1.10. The number of hydrogen-bond donors (Lipinski definition) is 3. The van der Waals surface area contributed by atoms with Crippen LogP contribution in [0.3, 0.4) is 0 Å². The van der Waals surface area contributed by atoms with Crippen LogP contribution < -0.4 is 25.7 Å². The van der Waals surface area contributed by atoms with E-state index in [1.54, 1.807) is 25.1 Å². The molecule has 0 atom stereocenters. The third kappa shape index (κ3) is 17.3. The van der Waals surface area contributed by atoms with Crippen molar-refractivity contribution in [1.82, 2.24) is 19.6 Å². The van der Waals surface area contributed by atoms with Gasteiger partial charge in [-0.2, -0.15) is 0 Å². The zero-order valence-electron chi connectivity index (χ0n) is 33.7. The molecule has 5 N–H and O–H groups in total. The average Bonchev–Trinajstić information content (AvgIpc) is 3.55. The van der Waals surface area contributed by atoms with Gasteiger partial charge in [-0.25, -0.2) is 18.2 Å². The summed E-state index contributed by atoms with van der Waals surface area (Å²) in [6.45, 7) is 10.6. The number of halogens is 5. The van der Waals surface area contributed by atoms with E-state index < -0.39 is 20.0 Å². The minimum Gasteiger partial charge on any atom is -0.490 e. The SMILES string of the molecule is CC(N)=NCc1ccc(OCCF)c(OCCF)c1.CCCN1CCN(Cc2cccc(Br)c2)C1=N.CN1CCN(C(N)=NCc2ccc(OCCF)c(Br)c2)CC1. The molecule has 0 spiro atoms. The summed E-state index contributed by atoms with van der Waals surface area (Å²) in [4.78, 5) is 17.2. The first-order valence-corrected chi connectivity index (χ1v) is 20.9. The predicted molar refractivity (Wildman–Crippen MR) is 235 cm³/mol. The molecule has 0 bridgehead atoms. The molecule has 3 aromatic carbocycles. The van der Waals surface area contributed by atoms with Gasteiger partial charge in [-0.05, 0) is 89.4 Å². The summed E-state index contributed by atoms with van der Waals surface area (Å²) in [6, 6.07) is 19.1. The molecule has 5 rings (SSSR count). The van der Waals surface area contributed by atoms with Gasteiger partial charge < -0.3 is 45.3 Å². The van der Waals surface area contributed by atoms with Crippen LogP contribution in [0.15, 0.2) is 79.6 Å². The quantitative estimate of drug-likeness (QED) is 0.0962. The Morgan fingerprint density at radius 2 is 1.31 bits per heavy atom. The van der Waals surface area contributed by atoms with E-state index in [4.69, 9.17) is 31.1 Å². The zero-order valence-corrected chi connectivity index (χ0v) is 36.9. The van der Waals surface area contributed by atoms with Crippen LogP contribution in [0.2, 0.25) is 0 Å². The third-order valence-electron chi connectivity index (χ3n) is 8.77. The molecule has 0 radical (unpaired) electrons. The first-order chi connectivity index (χ1) is 28.0. The number of nitrogens with two attached hydrogens (primary N) is 2. The van der Waals surface area contributed by atoms with Gasteiger partial charge in [-0.3, -0.25) is 10.4 Å². The monoisotopic (exact) mass is 939 g/mol. The lowest BCUT2D eigenvalue weighted by Crippen LogP contribution is -2.49. The smallest absolute Gasteiger partial charge is 0.194 e. The molecule has 0 saturated carbocycles. The summed E-state index contributed by atoms with van der Waals surface area (Å²) in [7, 11) is 2.11. The summed E-state index contributed by atoms with van der Waals surface area (Å²) < 4.78 is 54.0. The Kier molecular flexibility index (Phi) is 22.2. The summed E-state index contributed by atoms with van der Waals surface area (Å²) in [5.41, 5.74) is 14.6. The molecule has 17 heteroatoms. The first kappa shape index (κ1) is 48.2. The Labute approximate surface area is 358 Å². The second-order valence-corrected chi connectivity index (χ2v) is 15.2. The lowest BCUT2D eigenvalue weighted by atomic mass is 10.2. The van der Waals surface area contributed by atoms with Crippen LogP contribution in [0.1, 0.15) is 37.0 Å². The highest BCUT2D eigenvalue weighted by Gasteiger charge is 2.24.